The fraction of sp³-hybridized carbons (Fsp3) is 0.462. The van der Waals surface area contributed by atoms with Gasteiger partial charge in [-0.05, 0) is 36.6 Å². The van der Waals surface area contributed by atoms with Crippen molar-refractivity contribution in [2.75, 3.05) is 5.75 Å². The van der Waals surface area contributed by atoms with Crippen molar-refractivity contribution < 1.29 is 4.79 Å². The van der Waals surface area contributed by atoms with Crippen molar-refractivity contribution in [3.8, 4) is 0 Å². The summed E-state index contributed by atoms with van der Waals surface area (Å²) < 4.78 is 0. The van der Waals surface area contributed by atoms with Crippen molar-refractivity contribution in [2.45, 2.75) is 31.4 Å². The van der Waals surface area contributed by atoms with Gasteiger partial charge in [0.15, 0.2) is 5.78 Å². The fourth-order valence-electron chi connectivity index (χ4n) is 1.91. The van der Waals surface area contributed by atoms with Crippen molar-refractivity contribution in [3.63, 3.8) is 0 Å². The molecule has 2 heteroatoms. The molecule has 0 radical (unpaired) electrons. The van der Waals surface area contributed by atoms with Crippen LogP contribution in [0.3, 0.4) is 0 Å². The maximum atomic E-state index is 12.1. The predicted molar refractivity (Wildman–Crippen MR) is 65.6 cm³/mol. The number of aryl methyl sites for hydroxylation is 1. The average Bonchev–Trinajstić information content (AvgIpc) is 2.81. The monoisotopic (exact) mass is 220 g/mol. The highest BCUT2D eigenvalue weighted by molar-refractivity contribution is 8.00. The van der Waals surface area contributed by atoms with E-state index in [-0.39, 0.29) is 5.25 Å². The molecule has 2 rings (SSSR count). The zero-order valence-electron chi connectivity index (χ0n) is 9.03. The molecule has 1 atom stereocenters. The van der Waals surface area contributed by atoms with Crippen molar-refractivity contribution in [3.05, 3.63) is 35.4 Å². The van der Waals surface area contributed by atoms with Gasteiger partial charge in [-0.15, -0.1) is 0 Å². The lowest BCUT2D eigenvalue weighted by Crippen LogP contribution is -2.14. The molecular formula is C13H16OS. The van der Waals surface area contributed by atoms with Gasteiger partial charge in [0.2, 0.25) is 0 Å². The van der Waals surface area contributed by atoms with Gasteiger partial charge in [0, 0.05) is 5.56 Å². The lowest BCUT2D eigenvalue weighted by Gasteiger charge is -2.08. The first-order chi connectivity index (χ1) is 7.31. The minimum atomic E-state index is 0.220. The van der Waals surface area contributed by atoms with Crippen LogP contribution in [-0.2, 0) is 6.42 Å². The number of carbonyl (C=O) groups is 1. The summed E-state index contributed by atoms with van der Waals surface area (Å²) in [7, 11) is 0. The molecule has 1 aromatic rings. The van der Waals surface area contributed by atoms with Crippen LogP contribution in [0.4, 0.5) is 0 Å². The first-order valence-electron chi connectivity index (χ1n) is 5.56. The van der Waals surface area contributed by atoms with Crippen LogP contribution in [0.25, 0.3) is 0 Å². The zero-order chi connectivity index (χ0) is 10.7. The molecule has 1 aliphatic heterocycles. The van der Waals surface area contributed by atoms with Crippen LogP contribution < -0.4 is 0 Å². The minimum absolute atomic E-state index is 0.220. The van der Waals surface area contributed by atoms with E-state index >= 15 is 0 Å². The summed E-state index contributed by atoms with van der Waals surface area (Å²) in [6.07, 6.45) is 3.24. The van der Waals surface area contributed by atoms with Crippen LogP contribution >= 0.6 is 11.8 Å². The Morgan fingerprint density at radius 1 is 1.53 bits per heavy atom. The molecule has 0 aromatic heterocycles. The number of benzene rings is 1. The van der Waals surface area contributed by atoms with Crippen LogP contribution in [-0.4, -0.2) is 16.8 Å². The van der Waals surface area contributed by atoms with Gasteiger partial charge < -0.3 is 0 Å². The van der Waals surface area contributed by atoms with Gasteiger partial charge in [0.05, 0.1) is 5.25 Å². The third-order valence-corrected chi connectivity index (χ3v) is 4.22. The van der Waals surface area contributed by atoms with Crippen molar-refractivity contribution in [1.29, 1.82) is 0 Å². The third-order valence-electron chi connectivity index (χ3n) is 2.84. The van der Waals surface area contributed by atoms with Gasteiger partial charge in [0.25, 0.3) is 0 Å². The van der Waals surface area contributed by atoms with E-state index in [9.17, 15) is 4.79 Å². The second kappa shape index (κ2) is 4.84. The van der Waals surface area contributed by atoms with Crippen molar-refractivity contribution in [2.24, 2.45) is 0 Å². The predicted octanol–water partition coefficient (Wildman–Crippen LogP) is 3.33. The van der Waals surface area contributed by atoms with E-state index in [0.717, 1.165) is 24.2 Å². The van der Waals surface area contributed by atoms with Crippen molar-refractivity contribution in [1.82, 2.24) is 0 Å². The molecule has 0 saturated carbocycles. The summed E-state index contributed by atoms with van der Waals surface area (Å²) in [4.78, 5) is 12.1. The number of hydrogen-bond acceptors (Lipinski definition) is 2. The molecule has 1 fully saturated rings. The van der Waals surface area contributed by atoms with Crippen LogP contribution in [0.2, 0.25) is 0 Å². The lowest BCUT2D eigenvalue weighted by molar-refractivity contribution is 0.0988. The number of Topliss-reactive ketones (excluding diaryl/α,β-unsaturated/α-hetero) is 1. The van der Waals surface area contributed by atoms with Gasteiger partial charge in [-0.2, -0.15) is 11.8 Å². The highest BCUT2D eigenvalue weighted by atomic mass is 32.2. The van der Waals surface area contributed by atoms with Crippen LogP contribution in [0.15, 0.2) is 24.3 Å². The zero-order valence-corrected chi connectivity index (χ0v) is 9.85. The summed E-state index contributed by atoms with van der Waals surface area (Å²) in [6.45, 7) is 2.12. The molecule has 1 unspecified atom stereocenters. The maximum absolute atomic E-state index is 12.1. The normalized spacial score (nSPS) is 20.5. The molecule has 1 heterocycles. The quantitative estimate of drug-likeness (QED) is 0.727. The molecule has 0 N–H and O–H groups in total. The summed E-state index contributed by atoms with van der Waals surface area (Å²) in [5.74, 6) is 1.47. The highest BCUT2D eigenvalue weighted by Crippen LogP contribution is 2.29. The number of thioether (sulfide) groups is 1. The fourth-order valence-corrected chi connectivity index (χ4v) is 3.15. The summed E-state index contributed by atoms with van der Waals surface area (Å²) in [5.41, 5.74) is 2.15. The Bertz CT molecular complexity index is 353. The Balaban J connectivity index is 2.17. The van der Waals surface area contributed by atoms with Crippen molar-refractivity contribution >= 4 is 17.5 Å². The van der Waals surface area contributed by atoms with E-state index in [1.54, 1.807) is 0 Å². The molecule has 15 heavy (non-hydrogen) atoms. The molecular weight excluding hydrogens is 204 g/mol. The van der Waals surface area contributed by atoms with Gasteiger partial charge in [-0.3, -0.25) is 4.79 Å². The number of hydrogen-bond donors (Lipinski definition) is 0. The second-order valence-corrected chi connectivity index (χ2v) is 5.23. The third kappa shape index (κ3) is 2.43. The lowest BCUT2D eigenvalue weighted by atomic mass is 10.0. The second-order valence-electron chi connectivity index (χ2n) is 3.92. The van der Waals surface area contributed by atoms with E-state index in [2.05, 4.69) is 13.0 Å². The van der Waals surface area contributed by atoms with Crippen LogP contribution in [0.5, 0.6) is 0 Å². The molecule has 0 bridgehead atoms. The summed E-state index contributed by atoms with van der Waals surface area (Å²) in [6, 6.07) is 8.06. The van der Waals surface area contributed by atoms with E-state index in [0.29, 0.717) is 5.78 Å². The Hall–Kier alpha value is -0.760. The van der Waals surface area contributed by atoms with E-state index in [1.165, 1.54) is 12.0 Å². The molecule has 1 saturated heterocycles. The summed E-state index contributed by atoms with van der Waals surface area (Å²) >= 11 is 1.81. The largest absolute Gasteiger partial charge is 0.293 e. The molecule has 0 aliphatic carbocycles. The maximum Gasteiger partial charge on any atom is 0.175 e. The van der Waals surface area contributed by atoms with Gasteiger partial charge in [-0.25, -0.2) is 0 Å². The van der Waals surface area contributed by atoms with E-state index in [4.69, 9.17) is 0 Å². The molecule has 1 nitrogen and oxygen atoms in total. The minimum Gasteiger partial charge on any atom is -0.293 e. The SMILES string of the molecule is CCc1cccc(C(=O)C2CCCS2)c1. The molecule has 0 spiro atoms. The topological polar surface area (TPSA) is 17.1 Å². The van der Waals surface area contributed by atoms with Crippen LogP contribution in [0.1, 0.15) is 35.7 Å². The Kier molecular flexibility index (Phi) is 3.47. The Morgan fingerprint density at radius 2 is 2.40 bits per heavy atom. The Labute approximate surface area is 95.3 Å². The number of rotatable bonds is 3. The first-order valence-corrected chi connectivity index (χ1v) is 6.61. The molecule has 80 valence electrons. The number of ketones is 1. The summed E-state index contributed by atoms with van der Waals surface area (Å²) in [5, 5.41) is 0.220. The first kappa shape index (κ1) is 10.7. The van der Waals surface area contributed by atoms with Gasteiger partial charge in [-0.1, -0.05) is 25.1 Å². The van der Waals surface area contributed by atoms with Crippen LogP contribution in [0, 0.1) is 0 Å². The Morgan fingerprint density at radius 3 is 3.07 bits per heavy atom. The highest BCUT2D eigenvalue weighted by Gasteiger charge is 2.24. The molecule has 1 aliphatic rings. The molecule has 1 aromatic carbocycles. The average molecular weight is 220 g/mol. The van der Waals surface area contributed by atoms with Gasteiger partial charge >= 0.3 is 0 Å². The molecule has 0 amide bonds. The number of carbonyl (C=O) groups excluding carboxylic acids is 1. The van der Waals surface area contributed by atoms with E-state index < -0.39 is 0 Å². The van der Waals surface area contributed by atoms with Gasteiger partial charge in [0.1, 0.15) is 0 Å². The standard InChI is InChI=1S/C13H16OS/c1-2-10-5-3-6-11(9-10)13(14)12-7-4-8-15-12/h3,5-6,9,12H,2,4,7-8H2,1H3. The smallest absolute Gasteiger partial charge is 0.175 e. The van der Waals surface area contributed by atoms with E-state index in [1.807, 2.05) is 30.0 Å².